The maximum absolute atomic E-state index is 3.21. The fraction of sp³-hybridized carbons (Fsp3) is 0.667. The lowest BCUT2D eigenvalue weighted by atomic mass is 10.0. The Morgan fingerprint density at radius 3 is 2.79 bits per heavy atom. The third-order valence-corrected chi connectivity index (χ3v) is 3.80. The van der Waals surface area contributed by atoms with Crippen LogP contribution in [-0.2, 0) is 6.42 Å². The van der Waals surface area contributed by atoms with E-state index >= 15 is 0 Å². The van der Waals surface area contributed by atoms with Crippen LogP contribution in [0.4, 0.5) is 0 Å². The molecule has 1 unspecified atom stereocenters. The van der Waals surface area contributed by atoms with Crippen LogP contribution in [0.1, 0.15) is 30.2 Å². The maximum Gasteiger partial charge on any atom is 0.00745 e. The van der Waals surface area contributed by atoms with Crippen molar-refractivity contribution in [2.45, 2.75) is 33.1 Å². The van der Waals surface area contributed by atoms with Crippen molar-refractivity contribution >= 4 is 11.3 Å². The minimum absolute atomic E-state index is 0.837. The zero-order valence-electron chi connectivity index (χ0n) is 9.47. The molecule has 1 rings (SSSR count). The van der Waals surface area contributed by atoms with Crippen molar-refractivity contribution in [2.75, 3.05) is 13.6 Å². The minimum atomic E-state index is 0.837. The van der Waals surface area contributed by atoms with Gasteiger partial charge in [0.1, 0.15) is 0 Å². The number of aryl methyl sites for hydroxylation is 2. The Kier molecular flexibility index (Phi) is 5.20. The molecule has 1 N–H and O–H groups in total. The van der Waals surface area contributed by atoms with Crippen LogP contribution in [0.2, 0.25) is 0 Å². The zero-order valence-corrected chi connectivity index (χ0v) is 10.3. The van der Waals surface area contributed by atoms with Crippen LogP contribution in [0.15, 0.2) is 11.4 Å². The third kappa shape index (κ3) is 3.81. The molecule has 0 radical (unpaired) electrons. The topological polar surface area (TPSA) is 12.0 Å². The molecule has 2 heteroatoms. The summed E-state index contributed by atoms with van der Waals surface area (Å²) in [5.41, 5.74) is 1.47. The highest BCUT2D eigenvalue weighted by Crippen LogP contribution is 2.20. The summed E-state index contributed by atoms with van der Waals surface area (Å²) in [6.45, 7) is 5.70. The van der Waals surface area contributed by atoms with Crippen molar-refractivity contribution in [2.24, 2.45) is 5.92 Å². The number of rotatable bonds is 6. The second-order valence-electron chi connectivity index (χ2n) is 4.06. The molecule has 0 fully saturated rings. The van der Waals surface area contributed by atoms with E-state index in [2.05, 4.69) is 30.6 Å². The van der Waals surface area contributed by atoms with Gasteiger partial charge in [0.05, 0.1) is 0 Å². The van der Waals surface area contributed by atoms with Gasteiger partial charge < -0.3 is 5.32 Å². The molecular weight excluding hydrogens is 190 g/mol. The first kappa shape index (κ1) is 11.7. The van der Waals surface area contributed by atoms with Crippen LogP contribution >= 0.6 is 11.3 Å². The minimum Gasteiger partial charge on any atom is -0.320 e. The number of hydrogen-bond acceptors (Lipinski definition) is 2. The molecule has 14 heavy (non-hydrogen) atoms. The van der Waals surface area contributed by atoms with Gasteiger partial charge in [-0.05, 0) is 62.7 Å². The van der Waals surface area contributed by atoms with Crippen molar-refractivity contribution in [3.63, 3.8) is 0 Å². The lowest BCUT2D eigenvalue weighted by Gasteiger charge is -2.10. The molecule has 1 heterocycles. The number of thiophene rings is 1. The maximum atomic E-state index is 3.21. The molecule has 0 bridgehead atoms. The van der Waals surface area contributed by atoms with Crippen molar-refractivity contribution in [3.8, 4) is 0 Å². The van der Waals surface area contributed by atoms with E-state index in [0.29, 0.717) is 0 Å². The van der Waals surface area contributed by atoms with Gasteiger partial charge in [0.2, 0.25) is 0 Å². The van der Waals surface area contributed by atoms with Crippen LogP contribution in [0.25, 0.3) is 0 Å². The molecule has 0 aliphatic rings. The predicted molar refractivity (Wildman–Crippen MR) is 65.1 cm³/mol. The Bertz CT molecular complexity index is 255. The van der Waals surface area contributed by atoms with E-state index in [1.54, 1.807) is 4.88 Å². The standard InChI is InChI=1S/C12H21NS/c1-10(6-8-13-3)4-5-12-11(2)7-9-14-12/h7,9-10,13H,4-6,8H2,1-3H3. The Hall–Kier alpha value is -0.340. The molecule has 0 aromatic carbocycles. The molecule has 0 spiro atoms. The summed E-state index contributed by atoms with van der Waals surface area (Å²) >= 11 is 1.90. The number of hydrogen-bond donors (Lipinski definition) is 1. The Balaban J connectivity index is 2.23. The lowest BCUT2D eigenvalue weighted by molar-refractivity contribution is 0.483. The lowest BCUT2D eigenvalue weighted by Crippen LogP contribution is -2.11. The molecular formula is C12H21NS. The molecule has 0 aliphatic carbocycles. The third-order valence-electron chi connectivity index (χ3n) is 2.72. The van der Waals surface area contributed by atoms with Gasteiger partial charge in [-0.15, -0.1) is 11.3 Å². The van der Waals surface area contributed by atoms with Crippen molar-refractivity contribution < 1.29 is 0 Å². The summed E-state index contributed by atoms with van der Waals surface area (Å²) in [5.74, 6) is 0.837. The zero-order chi connectivity index (χ0) is 10.4. The SMILES string of the molecule is CNCCC(C)CCc1sccc1C. The normalized spacial score (nSPS) is 13.1. The summed E-state index contributed by atoms with van der Waals surface area (Å²) in [4.78, 5) is 1.57. The quantitative estimate of drug-likeness (QED) is 0.762. The smallest absolute Gasteiger partial charge is 0.00745 e. The van der Waals surface area contributed by atoms with Gasteiger partial charge in [-0.2, -0.15) is 0 Å². The second-order valence-corrected chi connectivity index (χ2v) is 5.06. The van der Waals surface area contributed by atoms with E-state index in [0.717, 1.165) is 12.5 Å². The second kappa shape index (κ2) is 6.20. The molecule has 1 aromatic heterocycles. The van der Waals surface area contributed by atoms with Gasteiger partial charge >= 0.3 is 0 Å². The van der Waals surface area contributed by atoms with Gasteiger partial charge in [0, 0.05) is 4.88 Å². The summed E-state index contributed by atoms with van der Waals surface area (Å²) < 4.78 is 0. The summed E-state index contributed by atoms with van der Waals surface area (Å²) in [6.07, 6.45) is 3.87. The first-order chi connectivity index (χ1) is 6.74. The fourth-order valence-electron chi connectivity index (χ4n) is 1.57. The molecule has 1 nitrogen and oxygen atoms in total. The molecule has 0 aliphatic heterocycles. The molecule has 0 saturated heterocycles. The van der Waals surface area contributed by atoms with Crippen LogP contribution in [-0.4, -0.2) is 13.6 Å². The van der Waals surface area contributed by atoms with E-state index in [9.17, 15) is 0 Å². The Morgan fingerprint density at radius 2 is 2.21 bits per heavy atom. The van der Waals surface area contributed by atoms with E-state index in [1.807, 2.05) is 18.4 Å². The Morgan fingerprint density at radius 1 is 1.43 bits per heavy atom. The molecule has 80 valence electrons. The molecule has 1 aromatic rings. The first-order valence-electron chi connectivity index (χ1n) is 5.41. The molecule has 0 saturated carbocycles. The Labute approximate surface area is 91.5 Å². The van der Waals surface area contributed by atoms with Crippen LogP contribution in [0.5, 0.6) is 0 Å². The van der Waals surface area contributed by atoms with Gasteiger partial charge in [0.25, 0.3) is 0 Å². The fourth-order valence-corrected chi connectivity index (χ4v) is 2.50. The van der Waals surface area contributed by atoms with Crippen LogP contribution < -0.4 is 5.32 Å². The van der Waals surface area contributed by atoms with E-state index in [4.69, 9.17) is 0 Å². The van der Waals surface area contributed by atoms with Gasteiger partial charge in [-0.3, -0.25) is 0 Å². The largest absolute Gasteiger partial charge is 0.320 e. The average molecular weight is 211 g/mol. The summed E-state index contributed by atoms with van der Waals surface area (Å²) in [6, 6.07) is 2.22. The van der Waals surface area contributed by atoms with Gasteiger partial charge in [-0.25, -0.2) is 0 Å². The monoisotopic (exact) mass is 211 g/mol. The molecule has 0 amide bonds. The van der Waals surface area contributed by atoms with E-state index in [-0.39, 0.29) is 0 Å². The van der Waals surface area contributed by atoms with Crippen molar-refractivity contribution in [1.29, 1.82) is 0 Å². The van der Waals surface area contributed by atoms with Crippen molar-refractivity contribution in [1.82, 2.24) is 5.32 Å². The van der Waals surface area contributed by atoms with Gasteiger partial charge in [0.15, 0.2) is 0 Å². The van der Waals surface area contributed by atoms with Gasteiger partial charge in [-0.1, -0.05) is 6.92 Å². The highest BCUT2D eigenvalue weighted by atomic mass is 32.1. The van der Waals surface area contributed by atoms with Crippen LogP contribution in [0, 0.1) is 12.8 Å². The average Bonchev–Trinajstić information content (AvgIpc) is 2.58. The highest BCUT2D eigenvalue weighted by molar-refractivity contribution is 7.10. The van der Waals surface area contributed by atoms with E-state index in [1.165, 1.54) is 24.8 Å². The highest BCUT2D eigenvalue weighted by Gasteiger charge is 2.04. The summed E-state index contributed by atoms with van der Waals surface area (Å²) in [5, 5.41) is 5.40. The number of nitrogens with one attached hydrogen (secondary N) is 1. The first-order valence-corrected chi connectivity index (χ1v) is 6.29. The predicted octanol–water partition coefficient (Wildman–Crippen LogP) is 3.23. The van der Waals surface area contributed by atoms with E-state index < -0.39 is 0 Å². The summed E-state index contributed by atoms with van der Waals surface area (Å²) in [7, 11) is 2.02. The van der Waals surface area contributed by atoms with Crippen molar-refractivity contribution in [3.05, 3.63) is 21.9 Å². The molecule has 1 atom stereocenters. The van der Waals surface area contributed by atoms with Crippen LogP contribution in [0.3, 0.4) is 0 Å².